The second kappa shape index (κ2) is 7.44. The van der Waals surface area contributed by atoms with E-state index in [0.717, 1.165) is 53.5 Å². The van der Waals surface area contributed by atoms with E-state index >= 15 is 0 Å². The van der Waals surface area contributed by atoms with Gasteiger partial charge in [0.25, 0.3) is 0 Å². The Kier molecular flexibility index (Phi) is 4.61. The first-order valence-electron chi connectivity index (χ1n) is 10.3. The number of nitrogens with one attached hydrogen (secondary N) is 2. The molecule has 0 unspecified atom stereocenters. The number of nitrogens with zero attached hydrogens (tertiary/aromatic N) is 5. The molecule has 1 fully saturated rings. The van der Waals surface area contributed by atoms with Crippen LogP contribution in [0, 0.1) is 5.92 Å². The number of aromatic nitrogens is 5. The Hall–Kier alpha value is -3.42. The number of carbonyl (C=O) groups excluding carboxylic acids is 1. The maximum absolute atomic E-state index is 12.2. The van der Waals surface area contributed by atoms with Crippen LogP contribution in [0.4, 0.5) is 5.95 Å². The van der Waals surface area contributed by atoms with Crippen LogP contribution in [0.25, 0.3) is 27.8 Å². The molecule has 0 aliphatic heterocycles. The largest absolute Gasteiger partial charge is 0.351 e. The first kappa shape index (κ1) is 18.6. The number of rotatable bonds is 4. The first-order valence-corrected chi connectivity index (χ1v) is 10.3. The van der Waals surface area contributed by atoms with E-state index in [9.17, 15) is 4.79 Å². The van der Waals surface area contributed by atoms with Gasteiger partial charge in [-0.1, -0.05) is 0 Å². The average Bonchev–Trinajstić information content (AvgIpc) is 3.39. The van der Waals surface area contributed by atoms with Gasteiger partial charge in [0.1, 0.15) is 11.3 Å². The summed E-state index contributed by atoms with van der Waals surface area (Å²) in [5.41, 5.74) is 3.88. The maximum atomic E-state index is 12.2. The zero-order valence-corrected chi connectivity index (χ0v) is 17.2. The average molecular weight is 403 g/mol. The number of pyridine rings is 1. The third-order valence-electron chi connectivity index (χ3n) is 5.98. The highest BCUT2D eigenvalue weighted by atomic mass is 16.2. The molecule has 154 valence electrons. The van der Waals surface area contributed by atoms with Crippen LogP contribution in [-0.4, -0.2) is 55.3 Å². The van der Waals surface area contributed by atoms with Crippen LogP contribution in [0.3, 0.4) is 0 Å². The number of anilines is 1. The molecule has 0 aromatic carbocycles. The summed E-state index contributed by atoms with van der Waals surface area (Å²) in [6.45, 7) is 0. The number of H-pyrrole nitrogens is 1. The van der Waals surface area contributed by atoms with Crippen molar-refractivity contribution in [1.82, 2.24) is 29.2 Å². The summed E-state index contributed by atoms with van der Waals surface area (Å²) in [5, 5.41) is 4.44. The summed E-state index contributed by atoms with van der Waals surface area (Å²) in [6, 6.07) is 4.36. The van der Waals surface area contributed by atoms with E-state index in [1.165, 1.54) is 0 Å². The predicted octanol–water partition coefficient (Wildman–Crippen LogP) is 3.33. The molecule has 0 spiro atoms. The quantitative estimate of drug-likeness (QED) is 0.545. The van der Waals surface area contributed by atoms with Crippen molar-refractivity contribution >= 4 is 28.5 Å². The van der Waals surface area contributed by atoms with Gasteiger partial charge < -0.3 is 19.6 Å². The fourth-order valence-corrected chi connectivity index (χ4v) is 4.33. The predicted molar refractivity (Wildman–Crippen MR) is 116 cm³/mol. The van der Waals surface area contributed by atoms with E-state index in [2.05, 4.69) is 37.5 Å². The van der Waals surface area contributed by atoms with Gasteiger partial charge in [-0.25, -0.2) is 9.97 Å². The monoisotopic (exact) mass is 403 g/mol. The molecular formula is C22H25N7O. The van der Waals surface area contributed by atoms with Crippen LogP contribution in [-0.2, 0) is 4.79 Å². The summed E-state index contributed by atoms with van der Waals surface area (Å²) in [5.74, 6) is 1.00. The number of hydrogen-bond acceptors (Lipinski definition) is 5. The molecule has 0 bridgehead atoms. The van der Waals surface area contributed by atoms with Gasteiger partial charge in [0.15, 0.2) is 0 Å². The topological polar surface area (TPSA) is 91.2 Å². The number of aromatic amines is 1. The van der Waals surface area contributed by atoms with E-state index in [4.69, 9.17) is 0 Å². The highest BCUT2D eigenvalue weighted by Gasteiger charge is 2.27. The van der Waals surface area contributed by atoms with Crippen LogP contribution in [0.2, 0.25) is 0 Å². The van der Waals surface area contributed by atoms with E-state index in [0.29, 0.717) is 12.0 Å². The molecule has 0 radical (unpaired) electrons. The Morgan fingerprint density at radius 3 is 2.83 bits per heavy atom. The summed E-state index contributed by atoms with van der Waals surface area (Å²) < 4.78 is 2.00. The fourth-order valence-electron chi connectivity index (χ4n) is 4.33. The van der Waals surface area contributed by atoms with Gasteiger partial charge in [0.2, 0.25) is 11.9 Å². The highest BCUT2D eigenvalue weighted by Crippen LogP contribution is 2.30. The summed E-state index contributed by atoms with van der Waals surface area (Å²) in [7, 11) is 3.65. The van der Waals surface area contributed by atoms with Crippen molar-refractivity contribution in [3.63, 3.8) is 0 Å². The number of fused-ring (bicyclic) bond motifs is 2. The van der Waals surface area contributed by atoms with Crippen molar-refractivity contribution in [2.45, 2.75) is 31.7 Å². The Morgan fingerprint density at radius 1 is 1.20 bits per heavy atom. The normalized spacial score (nSPS) is 19.3. The molecule has 8 nitrogen and oxygen atoms in total. The SMILES string of the molecule is CN(C)C(=O)[C@H]1CC[C@@H](Nc2ncc3c(-c4ccc5nccn5c4)c[nH]c3n2)CC1. The molecule has 4 aromatic heterocycles. The molecule has 1 aliphatic rings. The first-order chi connectivity index (χ1) is 14.6. The van der Waals surface area contributed by atoms with Crippen molar-refractivity contribution in [2.24, 2.45) is 5.92 Å². The number of imidazole rings is 1. The van der Waals surface area contributed by atoms with Gasteiger partial charge in [-0.2, -0.15) is 4.98 Å². The summed E-state index contributed by atoms with van der Waals surface area (Å²) in [4.78, 5) is 30.7. The molecule has 8 heteroatoms. The van der Waals surface area contributed by atoms with Gasteiger partial charge in [0.05, 0.1) is 0 Å². The molecule has 1 saturated carbocycles. The number of amides is 1. The summed E-state index contributed by atoms with van der Waals surface area (Å²) >= 11 is 0. The van der Waals surface area contributed by atoms with E-state index in [1.807, 2.05) is 43.2 Å². The smallest absolute Gasteiger partial charge is 0.225 e. The minimum absolute atomic E-state index is 0.139. The van der Waals surface area contributed by atoms with Gasteiger partial charge in [0, 0.05) is 73.6 Å². The van der Waals surface area contributed by atoms with Crippen LogP contribution in [0.1, 0.15) is 25.7 Å². The summed E-state index contributed by atoms with van der Waals surface area (Å²) in [6.07, 6.45) is 13.3. The van der Waals surface area contributed by atoms with Gasteiger partial charge in [-0.05, 0) is 37.8 Å². The minimum atomic E-state index is 0.139. The molecular weight excluding hydrogens is 378 g/mol. The maximum Gasteiger partial charge on any atom is 0.225 e. The van der Waals surface area contributed by atoms with Gasteiger partial charge in [-0.3, -0.25) is 4.79 Å². The Bertz CT molecular complexity index is 1200. The standard InChI is InChI=1S/C22H25N7O/c1-28(2)21(30)14-3-6-16(7-4-14)26-22-25-12-18-17(11-24-20(18)27-22)15-5-8-19-23-9-10-29(19)13-15/h5,8-14,16H,3-4,6-7H2,1-2H3,(H2,24,25,26,27)/t14-,16+. The minimum Gasteiger partial charge on any atom is -0.351 e. The molecule has 1 amide bonds. The van der Waals surface area contributed by atoms with Crippen LogP contribution in [0.5, 0.6) is 0 Å². The Labute approximate surface area is 174 Å². The molecule has 4 aromatic rings. The lowest BCUT2D eigenvalue weighted by molar-refractivity contribution is -0.133. The molecule has 0 atom stereocenters. The molecule has 2 N–H and O–H groups in total. The van der Waals surface area contributed by atoms with Crippen LogP contribution < -0.4 is 5.32 Å². The highest BCUT2D eigenvalue weighted by molar-refractivity contribution is 5.93. The fraction of sp³-hybridized carbons (Fsp3) is 0.364. The van der Waals surface area contributed by atoms with Gasteiger partial charge in [-0.15, -0.1) is 0 Å². The zero-order valence-electron chi connectivity index (χ0n) is 17.2. The lowest BCUT2D eigenvalue weighted by Gasteiger charge is -2.29. The van der Waals surface area contributed by atoms with Crippen molar-refractivity contribution in [3.05, 3.63) is 43.1 Å². The molecule has 30 heavy (non-hydrogen) atoms. The lowest BCUT2D eigenvalue weighted by Crippen LogP contribution is -2.35. The second-order valence-electron chi connectivity index (χ2n) is 8.19. The third kappa shape index (κ3) is 3.38. The second-order valence-corrected chi connectivity index (χ2v) is 8.19. The van der Waals surface area contributed by atoms with Crippen molar-refractivity contribution in [2.75, 3.05) is 19.4 Å². The number of carbonyl (C=O) groups is 1. The van der Waals surface area contributed by atoms with E-state index in [-0.39, 0.29) is 11.8 Å². The third-order valence-corrected chi connectivity index (χ3v) is 5.98. The van der Waals surface area contributed by atoms with Crippen molar-refractivity contribution < 1.29 is 4.79 Å². The van der Waals surface area contributed by atoms with E-state index < -0.39 is 0 Å². The molecule has 1 aliphatic carbocycles. The zero-order chi connectivity index (χ0) is 20.7. The van der Waals surface area contributed by atoms with Crippen LogP contribution in [0.15, 0.2) is 43.1 Å². The Morgan fingerprint density at radius 2 is 2.03 bits per heavy atom. The van der Waals surface area contributed by atoms with E-state index in [1.54, 1.807) is 11.1 Å². The Balaban J connectivity index is 1.31. The number of hydrogen-bond donors (Lipinski definition) is 2. The molecule has 5 rings (SSSR count). The van der Waals surface area contributed by atoms with Crippen molar-refractivity contribution in [1.29, 1.82) is 0 Å². The lowest BCUT2D eigenvalue weighted by atomic mass is 9.85. The molecule has 4 heterocycles. The van der Waals surface area contributed by atoms with Crippen molar-refractivity contribution in [3.8, 4) is 11.1 Å². The molecule has 0 saturated heterocycles. The van der Waals surface area contributed by atoms with Gasteiger partial charge >= 0.3 is 0 Å². The van der Waals surface area contributed by atoms with Crippen LogP contribution >= 0.6 is 0 Å².